The molecule has 3 aromatic rings. The first-order chi connectivity index (χ1) is 12.0. The highest BCUT2D eigenvalue weighted by Crippen LogP contribution is 2.26. The summed E-state index contributed by atoms with van der Waals surface area (Å²) in [6.45, 7) is 2.38. The number of benzene rings is 1. The Morgan fingerprint density at radius 2 is 2.20 bits per heavy atom. The zero-order valence-electron chi connectivity index (χ0n) is 14.4. The molecule has 5 nitrogen and oxygen atoms in total. The Hall–Kier alpha value is -2.63. The normalized spacial score (nSPS) is 13.4. The topological polar surface area (TPSA) is 64.8 Å². The van der Waals surface area contributed by atoms with E-state index in [1.807, 2.05) is 13.0 Å². The lowest BCUT2D eigenvalue weighted by Crippen LogP contribution is -2.28. The van der Waals surface area contributed by atoms with E-state index in [0.29, 0.717) is 12.1 Å². The molecule has 1 aromatic carbocycles. The van der Waals surface area contributed by atoms with E-state index in [1.54, 1.807) is 18.0 Å². The van der Waals surface area contributed by atoms with E-state index >= 15 is 0 Å². The second-order valence-electron chi connectivity index (χ2n) is 6.80. The van der Waals surface area contributed by atoms with Crippen LogP contribution in [0.2, 0.25) is 0 Å². The van der Waals surface area contributed by atoms with Crippen LogP contribution in [0.5, 0.6) is 0 Å². The van der Waals surface area contributed by atoms with Crippen molar-refractivity contribution >= 4 is 16.8 Å². The van der Waals surface area contributed by atoms with E-state index < -0.39 is 0 Å². The van der Waals surface area contributed by atoms with Crippen LogP contribution in [0.15, 0.2) is 18.2 Å². The molecule has 2 aromatic heterocycles. The number of halogens is 1. The van der Waals surface area contributed by atoms with Crippen molar-refractivity contribution in [1.82, 2.24) is 20.1 Å². The minimum absolute atomic E-state index is 0.00279. The molecule has 0 saturated carbocycles. The monoisotopic (exact) mass is 340 g/mol. The van der Waals surface area contributed by atoms with Gasteiger partial charge >= 0.3 is 0 Å². The van der Waals surface area contributed by atoms with E-state index in [2.05, 4.69) is 15.2 Å². The fourth-order valence-electron chi connectivity index (χ4n) is 3.71. The van der Waals surface area contributed by atoms with Gasteiger partial charge in [-0.3, -0.25) is 9.89 Å². The number of para-hydroxylation sites is 1. The van der Waals surface area contributed by atoms with Gasteiger partial charge in [0, 0.05) is 23.8 Å². The number of rotatable bonds is 4. The summed E-state index contributed by atoms with van der Waals surface area (Å²) >= 11 is 0. The van der Waals surface area contributed by atoms with E-state index in [9.17, 15) is 9.18 Å². The largest absolute Gasteiger partial charge is 0.356 e. The predicted octanol–water partition coefficient (Wildman–Crippen LogP) is 3.03. The van der Waals surface area contributed by atoms with Crippen molar-refractivity contribution < 1.29 is 9.18 Å². The lowest BCUT2D eigenvalue weighted by molar-refractivity contribution is -0.129. The molecule has 0 atom stereocenters. The molecule has 0 radical (unpaired) electrons. The first kappa shape index (κ1) is 15.9. The van der Waals surface area contributed by atoms with Gasteiger partial charge in [0.05, 0.1) is 24.2 Å². The van der Waals surface area contributed by atoms with Gasteiger partial charge in [0.25, 0.3) is 0 Å². The lowest BCUT2D eigenvalue weighted by Gasteiger charge is -2.16. The molecule has 0 bridgehead atoms. The molecule has 4 rings (SSSR count). The van der Waals surface area contributed by atoms with Crippen molar-refractivity contribution in [3.63, 3.8) is 0 Å². The molecule has 2 heterocycles. The predicted molar refractivity (Wildman–Crippen MR) is 93.8 cm³/mol. The van der Waals surface area contributed by atoms with Crippen molar-refractivity contribution in [2.45, 2.75) is 39.2 Å². The molecule has 1 amide bonds. The second-order valence-corrected chi connectivity index (χ2v) is 6.80. The summed E-state index contributed by atoms with van der Waals surface area (Å²) in [6.07, 6.45) is 3.47. The van der Waals surface area contributed by atoms with Crippen molar-refractivity contribution in [3.8, 4) is 0 Å². The number of carbonyl (C=O) groups excluding carboxylic acids is 1. The molecular formula is C19H21FN4O. The summed E-state index contributed by atoms with van der Waals surface area (Å²) in [7, 11) is 1.79. The zero-order chi connectivity index (χ0) is 17.6. The summed E-state index contributed by atoms with van der Waals surface area (Å²) in [5.74, 6) is -0.289. The number of carbonyl (C=O) groups is 1. The number of hydrogen-bond acceptors (Lipinski definition) is 2. The minimum Gasteiger partial charge on any atom is -0.356 e. The summed E-state index contributed by atoms with van der Waals surface area (Å²) in [6, 6.07) is 4.95. The van der Waals surface area contributed by atoms with Gasteiger partial charge in [-0.15, -0.1) is 0 Å². The Morgan fingerprint density at radius 3 is 3.04 bits per heavy atom. The highest BCUT2D eigenvalue weighted by molar-refractivity contribution is 5.90. The van der Waals surface area contributed by atoms with Crippen molar-refractivity contribution in [2.24, 2.45) is 0 Å². The number of fused-ring (bicyclic) bond motifs is 2. The van der Waals surface area contributed by atoms with Crippen molar-refractivity contribution in [1.29, 1.82) is 0 Å². The quantitative estimate of drug-likeness (QED) is 0.767. The third kappa shape index (κ3) is 2.71. The van der Waals surface area contributed by atoms with Gasteiger partial charge < -0.3 is 9.88 Å². The van der Waals surface area contributed by atoms with Gasteiger partial charge in [0.2, 0.25) is 5.91 Å². The number of hydrogen-bond donors (Lipinski definition) is 2. The highest BCUT2D eigenvalue weighted by Gasteiger charge is 2.22. The number of likely N-dealkylation sites (N-methyl/N-ethyl adjacent to an activating group) is 1. The SMILES string of the molecule is Cc1[nH]c2c(F)cccc2c1CC(=O)N(C)Cc1n[nH]c2c1CCC2. The maximum absolute atomic E-state index is 13.9. The third-order valence-corrected chi connectivity index (χ3v) is 5.14. The summed E-state index contributed by atoms with van der Waals surface area (Å²) < 4.78 is 13.9. The van der Waals surface area contributed by atoms with E-state index in [-0.39, 0.29) is 18.1 Å². The highest BCUT2D eigenvalue weighted by atomic mass is 19.1. The number of nitrogens with zero attached hydrogens (tertiary/aromatic N) is 2. The molecule has 25 heavy (non-hydrogen) atoms. The standard InChI is InChI=1S/C19H21FN4O/c1-11-14(12-5-3-7-15(20)19(12)21-11)9-18(25)24(2)10-17-13-6-4-8-16(13)22-23-17/h3,5,7,21H,4,6,8-10H2,1-2H3,(H,22,23). The molecule has 0 spiro atoms. The molecule has 1 aliphatic carbocycles. The average Bonchev–Trinajstić information content (AvgIpc) is 3.26. The van der Waals surface area contributed by atoms with Crippen LogP contribution in [0.25, 0.3) is 10.9 Å². The fourth-order valence-corrected chi connectivity index (χ4v) is 3.71. The Bertz CT molecular complexity index is 956. The molecule has 0 unspecified atom stereocenters. The number of aryl methyl sites for hydroxylation is 2. The molecule has 0 aliphatic heterocycles. The maximum Gasteiger partial charge on any atom is 0.227 e. The molecule has 130 valence electrons. The van der Waals surface area contributed by atoms with E-state index in [0.717, 1.165) is 41.6 Å². The van der Waals surface area contributed by atoms with Gasteiger partial charge in [0.1, 0.15) is 5.82 Å². The Kier molecular flexibility index (Phi) is 3.82. The Labute approximate surface area is 145 Å². The molecule has 1 aliphatic rings. The molecule has 2 N–H and O–H groups in total. The van der Waals surface area contributed by atoms with Crippen LogP contribution in [0, 0.1) is 12.7 Å². The van der Waals surface area contributed by atoms with E-state index in [4.69, 9.17) is 0 Å². The number of H-pyrrole nitrogens is 2. The summed E-state index contributed by atoms with van der Waals surface area (Å²) in [5, 5.41) is 8.22. The van der Waals surface area contributed by atoms with Gasteiger partial charge in [-0.25, -0.2) is 4.39 Å². The number of aromatic amines is 2. The van der Waals surface area contributed by atoms with Crippen LogP contribution in [-0.2, 0) is 30.6 Å². The number of aromatic nitrogens is 3. The fraction of sp³-hybridized carbons (Fsp3) is 0.368. The van der Waals surface area contributed by atoms with Crippen LogP contribution >= 0.6 is 0 Å². The third-order valence-electron chi connectivity index (χ3n) is 5.14. The van der Waals surface area contributed by atoms with Gasteiger partial charge in [-0.2, -0.15) is 5.10 Å². The maximum atomic E-state index is 13.9. The molecular weight excluding hydrogens is 319 g/mol. The lowest BCUT2D eigenvalue weighted by atomic mass is 10.1. The van der Waals surface area contributed by atoms with Crippen LogP contribution < -0.4 is 0 Å². The first-order valence-corrected chi connectivity index (χ1v) is 8.59. The van der Waals surface area contributed by atoms with Gasteiger partial charge in [-0.05, 0) is 43.4 Å². The number of nitrogens with one attached hydrogen (secondary N) is 2. The molecule has 6 heteroatoms. The van der Waals surface area contributed by atoms with Crippen LogP contribution in [-0.4, -0.2) is 33.0 Å². The summed E-state index contributed by atoms with van der Waals surface area (Å²) in [5.41, 5.74) is 5.60. The van der Waals surface area contributed by atoms with Gasteiger partial charge in [0.15, 0.2) is 0 Å². The van der Waals surface area contributed by atoms with Crippen molar-refractivity contribution in [3.05, 3.63) is 52.2 Å². The molecule has 0 saturated heterocycles. The van der Waals surface area contributed by atoms with Crippen molar-refractivity contribution in [2.75, 3.05) is 7.05 Å². The molecule has 0 fully saturated rings. The van der Waals surface area contributed by atoms with Crippen LogP contribution in [0.1, 0.15) is 34.6 Å². The minimum atomic E-state index is -0.292. The van der Waals surface area contributed by atoms with Gasteiger partial charge in [-0.1, -0.05) is 12.1 Å². The van der Waals surface area contributed by atoms with Crippen LogP contribution in [0.4, 0.5) is 4.39 Å². The summed E-state index contributed by atoms with van der Waals surface area (Å²) in [4.78, 5) is 17.5. The Balaban J connectivity index is 1.54. The number of amides is 1. The average molecular weight is 340 g/mol. The Morgan fingerprint density at radius 1 is 1.36 bits per heavy atom. The second kappa shape index (κ2) is 6.02. The smallest absolute Gasteiger partial charge is 0.227 e. The van der Waals surface area contributed by atoms with Crippen LogP contribution in [0.3, 0.4) is 0 Å². The van der Waals surface area contributed by atoms with E-state index in [1.165, 1.54) is 17.3 Å². The zero-order valence-corrected chi connectivity index (χ0v) is 14.4. The first-order valence-electron chi connectivity index (χ1n) is 8.59.